The number of allylic oxidation sites excluding steroid dienone is 1. The van der Waals surface area contributed by atoms with E-state index in [1.54, 1.807) is 0 Å². The van der Waals surface area contributed by atoms with Gasteiger partial charge in [0, 0.05) is 0 Å². The van der Waals surface area contributed by atoms with E-state index in [0.717, 1.165) is 6.42 Å². The third-order valence-corrected chi connectivity index (χ3v) is 1.70. The number of unbranched alkanes of at least 4 members (excludes halogenated alkanes) is 5. The van der Waals surface area contributed by atoms with Crippen molar-refractivity contribution in [2.24, 2.45) is 0 Å². The third-order valence-electron chi connectivity index (χ3n) is 1.70. The van der Waals surface area contributed by atoms with Gasteiger partial charge in [-0.3, -0.25) is 0 Å². The van der Waals surface area contributed by atoms with Crippen LogP contribution in [0, 0.1) is 0 Å². The van der Waals surface area contributed by atoms with Crippen LogP contribution in [0.1, 0.15) is 45.4 Å². The van der Waals surface area contributed by atoms with Gasteiger partial charge in [0.15, 0.2) is 0 Å². The van der Waals surface area contributed by atoms with Gasteiger partial charge in [0.05, 0.1) is 0 Å². The van der Waals surface area contributed by atoms with Crippen LogP contribution >= 0.6 is 0 Å². The van der Waals surface area contributed by atoms with E-state index in [1.165, 1.54) is 38.4 Å². The summed E-state index contributed by atoms with van der Waals surface area (Å²) in [5.74, 6) is 0. The van der Waals surface area contributed by atoms with Crippen LogP contribution in [-0.2, 0) is 9.36 Å². The Kier molecular flexibility index (Phi) is 9.89. The Morgan fingerprint density at radius 3 is 2.67 bits per heavy atom. The first-order chi connectivity index (χ1) is 5.91. The summed E-state index contributed by atoms with van der Waals surface area (Å²) in [5, 5.41) is 0. The molecule has 0 saturated heterocycles. The summed E-state index contributed by atoms with van der Waals surface area (Å²) in [4.78, 5) is 0. The van der Waals surface area contributed by atoms with Crippen LogP contribution in [0.25, 0.3) is 0 Å². The van der Waals surface area contributed by atoms with Crippen molar-refractivity contribution in [3.8, 4) is 0 Å². The van der Waals surface area contributed by atoms with Crippen molar-refractivity contribution in [2.45, 2.75) is 45.4 Å². The number of hydrogen-bond donors (Lipinski definition) is 0. The normalized spacial score (nSPS) is 10.1. The van der Waals surface area contributed by atoms with E-state index < -0.39 is 0 Å². The van der Waals surface area contributed by atoms with E-state index in [0.29, 0.717) is 7.35 Å². The molecule has 3 heteroatoms. The summed E-state index contributed by atoms with van der Waals surface area (Å²) in [5.41, 5.74) is 0. The molecule has 0 aliphatic rings. The van der Waals surface area contributed by atoms with Crippen LogP contribution in [0.3, 0.4) is 0 Å². The number of hydrogen-bond acceptors (Lipinski definition) is 2. The maximum atomic E-state index is 9.71. The summed E-state index contributed by atoms with van der Waals surface area (Å²) in [7, 11) is 0.438. The van der Waals surface area contributed by atoms with Crippen LogP contribution in [0.15, 0.2) is 12.3 Å². The van der Waals surface area contributed by atoms with Crippen LogP contribution in [-0.4, -0.2) is 7.35 Å². The summed E-state index contributed by atoms with van der Waals surface area (Å²) in [6, 6.07) is 0. The van der Waals surface area contributed by atoms with Gasteiger partial charge < -0.3 is 0 Å². The topological polar surface area (TPSA) is 26.3 Å². The van der Waals surface area contributed by atoms with E-state index >= 15 is 0 Å². The molecule has 0 atom stereocenters. The molecule has 0 aliphatic heterocycles. The molecule has 2 nitrogen and oxygen atoms in total. The molecule has 0 aromatic rings. The van der Waals surface area contributed by atoms with Crippen molar-refractivity contribution in [3.63, 3.8) is 0 Å². The van der Waals surface area contributed by atoms with Gasteiger partial charge >= 0.3 is 74.5 Å². The van der Waals surface area contributed by atoms with Crippen LogP contribution in [0.5, 0.6) is 0 Å². The molecule has 0 fully saturated rings. The minimum atomic E-state index is 0.438. The standard InChI is InChI=1S/C9H17BO2/c1-2-3-4-5-6-7-8-9-12-10-11/h8-9H,2-7H2,1H3. The fourth-order valence-corrected chi connectivity index (χ4v) is 1.02. The number of rotatable bonds is 8. The molecule has 0 aromatic heterocycles. The zero-order chi connectivity index (χ0) is 9.07. The molecule has 0 radical (unpaired) electrons. The first-order valence-electron chi connectivity index (χ1n) is 4.66. The molecule has 0 unspecified atom stereocenters. The van der Waals surface area contributed by atoms with Crippen molar-refractivity contribution in [2.75, 3.05) is 0 Å². The molecule has 0 amide bonds. The van der Waals surface area contributed by atoms with Crippen LogP contribution in [0.2, 0.25) is 0 Å². The van der Waals surface area contributed by atoms with Gasteiger partial charge in [0.25, 0.3) is 0 Å². The predicted octanol–water partition coefficient (Wildman–Crippen LogP) is 2.84. The average molecular weight is 168 g/mol. The van der Waals surface area contributed by atoms with Crippen molar-refractivity contribution in [3.05, 3.63) is 12.3 Å². The molecule has 12 heavy (non-hydrogen) atoms. The summed E-state index contributed by atoms with van der Waals surface area (Å²) < 4.78 is 14.1. The molecule has 0 aromatic carbocycles. The molecule has 68 valence electrons. The first-order valence-corrected chi connectivity index (χ1v) is 4.66. The van der Waals surface area contributed by atoms with E-state index in [1.807, 2.05) is 6.08 Å². The van der Waals surface area contributed by atoms with Crippen molar-refractivity contribution >= 4 is 7.35 Å². The molecule has 0 bridgehead atoms. The quantitative estimate of drug-likeness (QED) is 0.316. The van der Waals surface area contributed by atoms with Crippen molar-refractivity contribution < 1.29 is 9.36 Å². The molecular weight excluding hydrogens is 151 g/mol. The Morgan fingerprint density at radius 1 is 1.25 bits per heavy atom. The SMILES string of the molecule is CCCCCCCC=COB=O. The molecule has 0 N–H and O–H groups in total. The summed E-state index contributed by atoms with van der Waals surface area (Å²) in [6.07, 6.45) is 10.8. The van der Waals surface area contributed by atoms with E-state index in [-0.39, 0.29) is 0 Å². The van der Waals surface area contributed by atoms with Gasteiger partial charge in [-0.1, -0.05) is 0 Å². The molecule has 0 rings (SSSR count). The van der Waals surface area contributed by atoms with E-state index in [4.69, 9.17) is 0 Å². The Labute approximate surface area is 75.3 Å². The van der Waals surface area contributed by atoms with Crippen LogP contribution < -0.4 is 0 Å². The van der Waals surface area contributed by atoms with Gasteiger partial charge in [-0.15, -0.1) is 0 Å². The van der Waals surface area contributed by atoms with Crippen molar-refractivity contribution in [1.29, 1.82) is 0 Å². The Hall–Kier alpha value is -0.595. The molecule has 0 aliphatic carbocycles. The maximum absolute atomic E-state index is 9.71. The summed E-state index contributed by atoms with van der Waals surface area (Å²) >= 11 is 0. The molecule has 0 saturated carbocycles. The van der Waals surface area contributed by atoms with E-state index in [2.05, 4.69) is 11.6 Å². The second kappa shape index (κ2) is 10.4. The monoisotopic (exact) mass is 168 g/mol. The van der Waals surface area contributed by atoms with Gasteiger partial charge in [-0.2, -0.15) is 0 Å². The first kappa shape index (κ1) is 11.4. The molecule has 0 spiro atoms. The van der Waals surface area contributed by atoms with Crippen LogP contribution in [0.4, 0.5) is 0 Å². The Morgan fingerprint density at radius 2 is 2.00 bits per heavy atom. The fraction of sp³-hybridized carbons (Fsp3) is 0.778. The zero-order valence-corrected chi connectivity index (χ0v) is 7.79. The Bertz CT molecular complexity index is 124. The molecule has 0 heterocycles. The fourth-order valence-electron chi connectivity index (χ4n) is 1.02. The average Bonchev–Trinajstić information content (AvgIpc) is 2.10. The molecular formula is C9H17BO2. The van der Waals surface area contributed by atoms with Gasteiger partial charge in [-0.25, -0.2) is 0 Å². The second-order valence-electron chi connectivity index (χ2n) is 2.81. The second-order valence-corrected chi connectivity index (χ2v) is 2.81. The third kappa shape index (κ3) is 9.40. The predicted molar refractivity (Wildman–Crippen MR) is 50.0 cm³/mol. The Balaban J connectivity index is 2.94. The van der Waals surface area contributed by atoms with Gasteiger partial charge in [0.2, 0.25) is 0 Å². The van der Waals surface area contributed by atoms with Crippen molar-refractivity contribution in [1.82, 2.24) is 0 Å². The van der Waals surface area contributed by atoms with E-state index in [9.17, 15) is 4.70 Å². The van der Waals surface area contributed by atoms with Gasteiger partial charge in [-0.05, 0) is 0 Å². The summed E-state index contributed by atoms with van der Waals surface area (Å²) in [6.45, 7) is 2.21. The minimum absolute atomic E-state index is 0.438. The van der Waals surface area contributed by atoms with Gasteiger partial charge in [0.1, 0.15) is 0 Å². The zero-order valence-electron chi connectivity index (χ0n) is 7.79.